The van der Waals surface area contributed by atoms with Crippen molar-refractivity contribution in [2.45, 2.75) is 150 Å². The summed E-state index contributed by atoms with van der Waals surface area (Å²) in [5, 5.41) is 21.8. The minimum absolute atomic E-state index is 0.188. The molecule has 252 valence electrons. The number of carbonyl (C=O) groups is 2. The SMILES string of the molecule is CC(C)(C)c1cc(CCCC(=O)OCCCCOC(=O)CCc2cc(C(C)(C)C)c(O)c(C(C)(C)C)c2)cc(C(C)(C)C)c1O. The number of hydrogen-bond donors (Lipinski definition) is 2. The van der Waals surface area contributed by atoms with Gasteiger partial charge in [0.05, 0.1) is 13.2 Å². The Bertz CT molecular complexity index is 1240. The highest BCUT2D eigenvalue weighted by Gasteiger charge is 2.28. The number of phenols is 2. The highest BCUT2D eigenvalue weighted by atomic mass is 16.5. The predicted molar refractivity (Wildman–Crippen MR) is 183 cm³/mol. The third-order valence-corrected chi connectivity index (χ3v) is 8.10. The lowest BCUT2D eigenvalue weighted by molar-refractivity contribution is -0.146. The summed E-state index contributed by atoms with van der Waals surface area (Å²) in [5.41, 5.74) is 4.95. The number of hydrogen-bond acceptors (Lipinski definition) is 6. The molecule has 0 bridgehead atoms. The molecule has 0 unspecified atom stereocenters. The molecule has 0 fully saturated rings. The second-order valence-corrected chi connectivity index (χ2v) is 16.6. The van der Waals surface area contributed by atoms with Gasteiger partial charge in [-0.3, -0.25) is 9.59 Å². The molecule has 0 amide bonds. The Kier molecular flexibility index (Phi) is 12.8. The van der Waals surface area contributed by atoms with Gasteiger partial charge in [-0.2, -0.15) is 0 Å². The monoisotopic (exact) mass is 624 g/mol. The normalized spacial score (nSPS) is 12.7. The van der Waals surface area contributed by atoms with Gasteiger partial charge in [0.1, 0.15) is 11.5 Å². The van der Waals surface area contributed by atoms with E-state index >= 15 is 0 Å². The van der Waals surface area contributed by atoms with Gasteiger partial charge in [-0.25, -0.2) is 0 Å². The van der Waals surface area contributed by atoms with Gasteiger partial charge in [0, 0.05) is 12.8 Å². The molecule has 6 heteroatoms. The van der Waals surface area contributed by atoms with Crippen molar-refractivity contribution < 1.29 is 29.3 Å². The largest absolute Gasteiger partial charge is 0.507 e. The van der Waals surface area contributed by atoms with Crippen LogP contribution in [0.1, 0.15) is 149 Å². The second-order valence-electron chi connectivity index (χ2n) is 16.6. The third kappa shape index (κ3) is 11.7. The van der Waals surface area contributed by atoms with E-state index in [-0.39, 0.29) is 40.0 Å². The first kappa shape index (κ1) is 38.2. The lowest BCUT2D eigenvalue weighted by atomic mass is 9.78. The fourth-order valence-electron chi connectivity index (χ4n) is 5.37. The van der Waals surface area contributed by atoms with Crippen LogP contribution in [-0.4, -0.2) is 35.4 Å². The molecule has 2 aromatic carbocycles. The van der Waals surface area contributed by atoms with Crippen LogP contribution in [0.15, 0.2) is 24.3 Å². The van der Waals surface area contributed by atoms with Crippen molar-refractivity contribution in [3.8, 4) is 11.5 Å². The lowest BCUT2D eigenvalue weighted by Gasteiger charge is -2.28. The van der Waals surface area contributed by atoms with Crippen LogP contribution in [0.25, 0.3) is 0 Å². The molecule has 45 heavy (non-hydrogen) atoms. The number of unbranched alkanes of at least 4 members (excludes halogenated alkanes) is 1. The minimum Gasteiger partial charge on any atom is -0.507 e. The molecule has 2 N–H and O–H groups in total. The molecular weight excluding hydrogens is 564 g/mol. The second kappa shape index (κ2) is 15.0. The van der Waals surface area contributed by atoms with Crippen LogP contribution >= 0.6 is 0 Å². The number of ether oxygens (including phenoxy) is 2. The third-order valence-electron chi connectivity index (χ3n) is 8.10. The summed E-state index contributed by atoms with van der Waals surface area (Å²) in [5.74, 6) is 0.221. The standard InChI is InChI=1S/C39H60O6/c1-36(2,3)28-22-26(23-29(34(28)42)37(4,5)6)16-15-17-32(40)44-20-13-14-21-45-33(41)19-18-27-24-30(38(7,8)9)35(43)31(25-27)39(10,11)12/h22-25,42-43H,13-21H2,1-12H3. The first-order valence-corrected chi connectivity index (χ1v) is 16.6. The first-order valence-electron chi connectivity index (χ1n) is 16.6. The number of phenolic OH excluding ortho intramolecular Hbond substituents is 2. The van der Waals surface area contributed by atoms with Gasteiger partial charge < -0.3 is 19.7 Å². The number of esters is 2. The molecule has 2 rings (SSSR count). The smallest absolute Gasteiger partial charge is 0.306 e. The molecule has 0 heterocycles. The Balaban J connectivity index is 1.76. The fraction of sp³-hybridized carbons (Fsp3) is 0.641. The van der Waals surface area contributed by atoms with Crippen molar-refractivity contribution in [1.29, 1.82) is 0 Å². The Morgan fingerprint density at radius 1 is 0.511 bits per heavy atom. The van der Waals surface area contributed by atoms with E-state index in [2.05, 4.69) is 95.2 Å². The Morgan fingerprint density at radius 3 is 1.16 bits per heavy atom. The van der Waals surface area contributed by atoms with Crippen molar-refractivity contribution in [3.63, 3.8) is 0 Å². The molecule has 0 saturated heterocycles. The maximum Gasteiger partial charge on any atom is 0.306 e. The zero-order valence-electron chi connectivity index (χ0n) is 30.2. The van der Waals surface area contributed by atoms with Crippen molar-refractivity contribution in [3.05, 3.63) is 57.6 Å². The molecule has 0 spiro atoms. The van der Waals surface area contributed by atoms with Crippen LogP contribution < -0.4 is 0 Å². The van der Waals surface area contributed by atoms with E-state index in [1.165, 1.54) is 0 Å². The average molecular weight is 625 g/mol. The number of aromatic hydroxyl groups is 2. The van der Waals surface area contributed by atoms with Gasteiger partial charge in [-0.15, -0.1) is 0 Å². The zero-order valence-corrected chi connectivity index (χ0v) is 30.2. The topological polar surface area (TPSA) is 93.1 Å². The van der Waals surface area contributed by atoms with Gasteiger partial charge >= 0.3 is 11.9 Å². The molecule has 0 aliphatic rings. The maximum absolute atomic E-state index is 12.4. The molecule has 0 aliphatic heterocycles. The average Bonchev–Trinajstić information content (AvgIpc) is 2.88. The summed E-state index contributed by atoms with van der Waals surface area (Å²) in [6.07, 6.45) is 3.80. The summed E-state index contributed by atoms with van der Waals surface area (Å²) in [7, 11) is 0. The number of rotatable bonds is 12. The summed E-state index contributed by atoms with van der Waals surface area (Å²) in [4.78, 5) is 24.8. The van der Waals surface area contributed by atoms with Gasteiger partial charge in [-0.05, 0) is 87.1 Å². The Hall–Kier alpha value is -3.02. The van der Waals surface area contributed by atoms with E-state index in [4.69, 9.17) is 9.47 Å². The van der Waals surface area contributed by atoms with Gasteiger partial charge in [-0.1, -0.05) is 107 Å². The number of carbonyl (C=O) groups excluding carboxylic acids is 2. The van der Waals surface area contributed by atoms with E-state index in [0.29, 0.717) is 56.8 Å². The van der Waals surface area contributed by atoms with E-state index in [1.54, 1.807) is 0 Å². The quantitative estimate of drug-likeness (QED) is 0.181. The number of aryl methyl sites for hydroxylation is 2. The van der Waals surface area contributed by atoms with Crippen molar-refractivity contribution >= 4 is 11.9 Å². The van der Waals surface area contributed by atoms with Crippen molar-refractivity contribution in [1.82, 2.24) is 0 Å². The van der Waals surface area contributed by atoms with E-state index in [1.807, 2.05) is 12.1 Å². The van der Waals surface area contributed by atoms with Gasteiger partial charge in [0.25, 0.3) is 0 Å². The van der Waals surface area contributed by atoms with Crippen molar-refractivity contribution in [2.24, 2.45) is 0 Å². The predicted octanol–water partition coefficient (Wildman–Crippen LogP) is 9.11. The maximum atomic E-state index is 12.4. The molecule has 6 nitrogen and oxygen atoms in total. The summed E-state index contributed by atoms with van der Waals surface area (Å²) >= 11 is 0. The minimum atomic E-state index is -0.256. The Morgan fingerprint density at radius 2 is 0.822 bits per heavy atom. The van der Waals surface area contributed by atoms with Crippen LogP contribution in [0.3, 0.4) is 0 Å². The highest BCUT2D eigenvalue weighted by molar-refractivity contribution is 5.70. The molecule has 0 radical (unpaired) electrons. The van der Waals surface area contributed by atoms with Crippen LogP contribution in [0.2, 0.25) is 0 Å². The zero-order chi connectivity index (χ0) is 34.4. The van der Waals surface area contributed by atoms with Crippen LogP contribution in [0.5, 0.6) is 11.5 Å². The molecule has 0 aromatic heterocycles. The summed E-state index contributed by atoms with van der Waals surface area (Å²) in [6, 6.07) is 8.13. The van der Waals surface area contributed by atoms with E-state index in [9.17, 15) is 19.8 Å². The van der Waals surface area contributed by atoms with Crippen LogP contribution in [0, 0.1) is 0 Å². The van der Waals surface area contributed by atoms with Gasteiger partial charge in [0.2, 0.25) is 0 Å². The van der Waals surface area contributed by atoms with Gasteiger partial charge in [0.15, 0.2) is 0 Å². The fourth-order valence-corrected chi connectivity index (χ4v) is 5.37. The molecule has 0 aliphatic carbocycles. The number of benzene rings is 2. The summed E-state index contributed by atoms with van der Waals surface area (Å²) in [6.45, 7) is 25.6. The molecule has 2 aromatic rings. The van der Waals surface area contributed by atoms with Crippen LogP contribution in [-0.2, 0) is 53.6 Å². The molecule has 0 saturated carbocycles. The lowest BCUT2D eigenvalue weighted by Crippen LogP contribution is -2.18. The first-order chi connectivity index (χ1) is 20.5. The van der Waals surface area contributed by atoms with Crippen LogP contribution in [0.4, 0.5) is 0 Å². The Labute approximate surface area is 272 Å². The molecule has 0 atom stereocenters. The summed E-state index contributed by atoms with van der Waals surface area (Å²) < 4.78 is 10.8. The highest BCUT2D eigenvalue weighted by Crippen LogP contribution is 2.41. The molecular formula is C39H60O6. The van der Waals surface area contributed by atoms with E-state index in [0.717, 1.165) is 39.8 Å². The van der Waals surface area contributed by atoms with E-state index < -0.39 is 0 Å². The van der Waals surface area contributed by atoms with Crippen molar-refractivity contribution in [2.75, 3.05) is 13.2 Å².